The van der Waals surface area contributed by atoms with Crippen molar-refractivity contribution in [3.05, 3.63) is 48.0 Å². The highest BCUT2D eigenvalue weighted by Crippen LogP contribution is 2.43. The molecule has 0 saturated heterocycles. The summed E-state index contributed by atoms with van der Waals surface area (Å²) in [5.74, 6) is 4.00. The Hall–Kier alpha value is -1.60. The molecule has 0 radical (unpaired) electrons. The highest BCUT2D eigenvalue weighted by molar-refractivity contribution is 7.99. The van der Waals surface area contributed by atoms with Gasteiger partial charge in [-0.05, 0) is 18.1 Å². The van der Waals surface area contributed by atoms with Crippen LogP contribution in [0.15, 0.2) is 42.5 Å². The van der Waals surface area contributed by atoms with Crippen LogP contribution in [-0.2, 0) is 6.42 Å². The van der Waals surface area contributed by atoms with E-state index in [1.54, 1.807) is 23.5 Å². The molecule has 0 bridgehead atoms. The smallest absolute Gasteiger partial charge is 0.136 e. The Morgan fingerprint density at radius 3 is 1.82 bits per heavy atom. The lowest BCUT2D eigenvalue weighted by Gasteiger charge is -2.18. The maximum Gasteiger partial charge on any atom is 0.136 e. The van der Waals surface area contributed by atoms with E-state index in [1.807, 2.05) is 12.1 Å². The molecule has 3 rings (SSSR count). The molecule has 0 fully saturated rings. The van der Waals surface area contributed by atoms with Crippen LogP contribution in [0.2, 0.25) is 0 Å². The van der Waals surface area contributed by atoms with Crippen LogP contribution in [0.25, 0.3) is 21.5 Å². The average Bonchev–Trinajstić information content (AvgIpc) is 2.74. The first-order chi connectivity index (χ1) is 13.8. The lowest BCUT2D eigenvalue weighted by atomic mass is 9.98. The van der Waals surface area contributed by atoms with Crippen LogP contribution in [0.3, 0.4) is 0 Å². The molecule has 0 spiro atoms. The van der Waals surface area contributed by atoms with Crippen molar-refractivity contribution >= 4 is 45.1 Å². The molecule has 150 valence electrons. The van der Waals surface area contributed by atoms with E-state index in [1.165, 1.54) is 5.56 Å². The SMILES string of the molecule is CCc1ccc2c(OCSCCO)c3ccccc3c(OCSCCO)c2c1. The van der Waals surface area contributed by atoms with E-state index in [9.17, 15) is 0 Å². The Morgan fingerprint density at radius 1 is 0.750 bits per heavy atom. The Balaban J connectivity index is 2.10. The van der Waals surface area contributed by atoms with Gasteiger partial charge in [-0.1, -0.05) is 43.3 Å². The van der Waals surface area contributed by atoms with Crippen LogP contribution < -0.4 is 9.47 Å². The molecular formula is C22H26O4S2. The summed E-state index contributed by atoms with van der Waals surface area (Å²) in [5.41, 5.74) is 1.25. The highest BCUT2D eigenvalue weighted by atomic mass is 32.2. The third kappa shape index (κ3) is 4.87. The van der Waals surface area contributed by atoms with Crippen molar-refractivity contribution in [2.75, 3.05) is 36.6 Å². The van der Waals surface area contributed by atoms with E-state index in [0.29, 0.717) is 23.4 Å². The number of benzene rings is 3. The van der Waals surface area contributed by atoms with Gasteiger partial charge in [-0.15, -0.1) is 23.5 Å². The second-order valence-electron chi connectivity index (χ2n) is 6.23. The molecule has 2 N–H and O–H groups in total. The van der Waals surface area contributed by atoms with Crippen molar-refractivity contribution in [2.45, 2.75) is 13.3 Å². The summed E-state index contributed by atoms with van der Waals surface area (Å²) in [6, 6.07) is 14.6. The molecule has 0 atom stereocenters. The summed E-state index contributed by atoms with van der Waals surface area (Å²) in [6.07, 6.45) is 0.948. The number of hydrogen-bond acceptors (Lipinski definition) is 6. The van der Waals surface area contributed by atoms with E-state index >= 15 is 0 Å². The predicted octanol–water partition coefficient (Wildman–Crippen LogP) is 4.68. The van der Waals surface area contributed by atoms with Gasteiger partial charge in [0.2, 0.25) is 0 Å². The molecule has 0 aliphatic rings. The molecular weight excluding hydrogens is 392 g/mol. The first kappa shape index (κ1) is 21.1. The lowest BCUT2D eigenvalue weighted by Crippen LogP contribution is -2.01. The standard InChI is InChI=1S/C22H26O4S2/c1-2-16-7-8-19-20(13-16)22(26-15-28-12-10-24)18-6-4-3-5-17(18)21(19)25-14-27-11-9-23/h3-8,13,23-24H,2,9-12,14-15H2,1H3. The quantitative estimate of drug-likeness (QED) is 0.268. The normalized spacial score (nSPS) is 11.2. The number of hydrogen-bond donors (Lipinski definition) is 2. The molecule has 0 aliphatic heterocycles. The van der Waals surface area contributed by atoms with Gasteiger partial charge in [0.1, 0.15) is 23.4 Å². The fourth-order valence-corrected chi connectivity index (χ4v) is 4.02. The van der Waals surface area contributed by atoms with Gasteiger partial charge in [0.05, 0.1) is 13.2 Å². The lowest BCUT2D eigenvalue weighted by molar-refractivity contribution is 0.321. The van der Waals surface area contributed by atoms with Gasteiger partial charge in [-0.3, -0.25) is 0 Å². The topological polar surface area (TPSA) is 58.9 Å². The number of aryl methyl sites for hydroxylation is 1. The zero-order valence-corrected chi connectivity index (χ0v) is 17.7. The Kier molecular flexibility index (Phi) is 8.15. The molecule has 0 amide bonds. The third-order valence-corrected chi connectivity index (χ3v) is 5.95. The average molecular weight is 419 g/mol. The van der Waals surface area contributed by atoms with Gasteiger partial charge in [0.25, 0.3) is 0 Å². The van der Waals surface area contributed by atoms with Gasteiger partial charge < -0.3 is 19.7 Å². The number of rotatable bonds is 11. The van der Waals surface area contributed by atoms with E-state index < -0.39 is 0 Å². The van der Waals surface area contributed by atoms with E-state index in [2.05, 4.69) is 37.3 Å². The molecule has 0 aromatic heterocycles. The molecule has 6 heteroatoms. The molecule has 0 aliphatic carbocycles. The maximum absolute atomic E-state index is 9.02. The minimum atomic E-state index is 0.146. The van der Waals surface area contributed by atoms with Crippen LogP contribution >= 0.6 is 23.5 Å². The Labute approximate surface area is 174 Å². The highest BCUT2D eigenvalue weighted by Gasteiger charge is 2.16. The second kappa shape index (κ2) is 10.8. The summed E-state index contributed by atoms with van der Waals surface area (Å²) in [7, 11) is 0. The molecule has 0 heterocycles. The molecule has 3 aromatic carbocycles. The van der Waals surface area contributed by atoms with Crippen molar-refractivity contribution in [2.24, 2.45) is 0 Å². The van der Waals surface area contributed by atoms with Crippen molar-refractivity contribution in [1.82, 2.24) is 0 Å². The summed E-state index contributed by atoms with van der Waals surface area (Å²) in [5, 5.41) is 22.2. The van der Waals surface area contributed by atoms with Crippen molar-refractivity contribution in [3.63, 3.8) is 0 Å². The van der Waals surface area contributed by atoms with Gasteiger partial charge in [-0.2, -0.15) is 0 Å². The molecule has 0 unspecified atom stereocenters. The largest absolute Gasteiger partial charge is 0.482 e. The number of ether oxygens (including phenoxy) is 2. The van der Waals surface area contributed by atoms with Crippen molar-refractivity contribution in [1.29, 1.82) is 0 Å². The first-order valence-corrected chi connectivity index (χ1v) is 11.7. The van der Waals surface area contributed by atoms with Crippen LogP contribution in [0.1, 0.15) is 12.5 Å². The zero-order chi connectivity index (χ0) is 19.8. The molecule has 28 heavy (non-hydrogen) atoms. The fourth-order valence-electron chi connectivity index (χ4n) is 3.13. The number of aliphatic hydroxyl groups excluding tert-OH is 2. The first-order valence-electron chi connectivity index (χ1n) is 9.40. The zero-order valence-electron chi connectivity index (χ0n) is 16.0. The minimum Gasteiger partial charge on any atom is -0.482 e. The third-order valence-electron chi connectivity index (χ3n) is 4.44. The maximum atomic E-state index is 9.02. The number of aliphatic hydroxyl groups is 2. The minimum absolute atomic E-state index is 0.146. The van der Waals surface area contributed by atoms with E-state index in [0.717, 1.165) is 39.5 Å². The van der Waals surface area contributed by atoms with Crippen LogP contribution in [0.5, 0.6) is 11.5 Å². The van der Waals surface area contributed by atoms with E-state index in [-0.39, 0.29) is 13.2 Å². The fraction of sp³-hybridized carbons (Fsp3) is 0.364. The Morgan fingerprint density at radius 2 is 1.29 bits per heavy atom. The van der Waals surface area contributed by atoms with Gasteiger partial charge in [-0.25, -0.2) is 0 Å². The van der Waals surface area contributed by atoms with Crippen LogP contribution in [0.4, 0.5) is 0 Å². The Bertz CT molecular complexity index is 914. The second-order valence-corrected chi connectivity index (χ2v) is 8.33. The summed E-state index contributed by atoms with van der Waals surface area (Å²) < 4.78 is 12.4. The molecule has 3 aromatic rings. The van der Waals surface area contributed by atoms with Crippen LogP contribution in [0, 0.1) is 0 Å². The number of fused-ring (bicyclic) bond motifs is 2. The van der Waals surface area contributed by atoms with Gasteiger partial charge in [0.15, 0.2) is 0 Å². The van der Waals surface area contributed by atoms with Gasteiger partial charge >= 0.3 is 0 Å². The monoisotopic (exact) mass is 418 g/mol. The molecule has 0 saturated carbocycles. The number of thioether (sulfide) groups is 2. The van der Waals surface area contributed by atoms with Crippen molar-refractivity contribution < 1.29 is 19.7 Å². The van der Waals surface area contributed by atoms with E-state index in [4.69, 9.17) is 19.7 Å². The van der Waals surface area contributed by atoms with Crippen LogP contribution in [-0.4, -0.2) is 46.8 Å². The van der Waals surface area contributed by atoms with Gasteiger partial charge in [0, 0.05) is 33.1 Å². The summed E-state index contributed by atoms with van der Waals surface area (Å²) >= 11 is 3.13. The molecule has 4 nitrogen and oxygen atoms in total. The predicted molar refractivity (Wildman–Crippen MR) is 121 cm³/mol. The summed E-state index contributed by atoms with van der Waals surface area (Å²) in [4.78, 5) is 0. The summed E-state index contributed by atoms with van der Waals surface area (Å²) in [6.45, 7) is 2.43. The van der Waals surface area contributed by atoms with Crippen molar-refractivity contribution in [3.8, 4) is 11.5 Å².